The van der Waals surface area contributed by atoms with Gasteiger partial charge in [0.1, 0.15) is 6.61 Å². The van der Waals surface area contributed by atoms with E-state index in [1.165, 1.54) is 11.0 Å². The van der Waals surface area contributed by atoms with E-state index in [1.807, 2.05) is 42.5 Å². The van der Waals surface area contributed by atoms with Gasteiger partial charge in [0.05, 0.1) is 17.5 Å². The lowest BCUT2D eigenvalue weighted by molar-refractivity contribution is 0.160. The maximum Gasteiger partial charge on any atom is 0.410 e. The number of benzene rings is 2. The van der Waals surface area contributed by atoms with Crippen LogP contribution >= 0.6 is 0 Å². The van der Waals surface area contributed by atoms with Crippen LogP contribution in [0, 0.1) is 23.0 Å². The van der Waals surface area contributed by atoms with Gasteiger partial charge in [0.2, 0.25) is 0 Å². The van der Waals surface area contributed by atoms with E-state index in [0.29, 0.717) is 12.1 Å². The molecule has 2 fully saturated rings. The molecule has 172 valence electrons. The monoisotopic (exact) mass is 451 g/mol. The Morgan fingerprint density at radius 2 is 1.85 bits per heavy atom. The number of piperidine rings is 1. The zero-order valence-corrected chi connectivity index (χ0v) is 18.4. The Hall–Kier alpha value is -3.24. The van der Waals surface area contributed by atoms with Gasteiger partial charge in [-0.1, -0.05) is 48.6 Å². The van der Waals surface area contributed by atoms with E-state index in [2.05, 4.69) is 11.0 Å². The van der Waals surface area contributed by atoms with E-state index >= 15 is 0 Å². The summed E-state index contributed by atoms with van der Waals surface area (Å²) in [5.74, 6) is -1.85. The van der Waals surface area contributed by atoms with Gasteiger partial charge in [-0.05, 0) is 55.6 Å². The van der Waals surface area contributed by atoms with Crippen molar-refractivity contribution in [3.8, 4) is 6.07 Å². The molecule has 0 bridgehead atoms. The summed E-state index contributed by atoms with van der Waals surface area (Å²) >= 11 is 0. The predicted molar refractivity (Wildman–Crippen MR) is 120 cm³/mol. The van der Waals surface area contributed by atoms with Gasteiger partial charge in [-0.15, -0.1) is 0 Å². The Morgan fingerprint density at radius 1 is 1.09 bits per heavy atom. The molecule has 2 heterocycles. The molecule has 0 aliphatic carbocycles. The second kappa shape index (κ2) is 10.1. The molecule has 2 aromatic rings. The summed E-state index contributed by atoms with van der Waals surface area (Å²) in [7, 11) is 0. The molecular weight excluding hydrogens is 424 g/mol. The fourth-order valence-electron chi connectivity index (χ4n) is 4.59. The number of carbonyl (C=O) groups excluding carboxylic acids is 1. The molecule has 4 rings (SSSR count). The highest BCUT2D eigenvalue weighted by atomic mass is 19.2. The first-order valence-electron chi connectivity index (χ1n) is 11.2. The Labute approximate surface area is 192 Å². The van der Waals surface area contributed by atoms with Gasteiger partial charge in [-0.25, -0.2) is 13.6 Å². The van der Waals surface area contributed by atoms with Crippen molar-refractivity contribution < 1.29 is 18.3 Å². The van der Waals surface area contributed by atoms with Crippen molar-refractivity contribution >= 4 is 6.09 Å². The number of hydrogen-bond donors (Lipinski definition) is 0. The van der Waals surface area contributed by atoms with Crippen LogP contribution < -0.4 is 0 Å². The van der Waals surface area contributed by atoms with Crippen molar-refractivity contribution in [2.45, 2.75) is 30.7 Å². The summed E-state index contributed by atoms with van der Waals surface area (Å²) < 4.78 is 32.0. The molecule has 2 saturated heterocycles. The molecule has 0 saturated carbocycles. The van der Waals surface area contributed by atoms with Crippen LogP contribution in [-0.4, -0.2) is 48.7 Å². The number of nitrogens with zero attached hydrogens (tertiary/aromatic N) is 3. The number of ether oxygens (including phenoxy) is 1. The number of carbonyl (C=O) groups is 1. The lowest BCUT2D eigenvalue weighted by Crippen LogP contribution is -2.42. The summed E-state index contributed by atoms with van der Waals surface area (Å²) in [5.41, 5.74) is 1.21. The van der Waals surface area contributed by atoms with Crippen LogP contribution in [0.5, 0.6) is 0 Å². The number of rotatable bonds is 7. The van der Waals surface area contributed by atoms with E-state index in [9.17, 15) is 18.8 Å². The number of nitriles is 1. The molecule has 5 nitrogen and oxygen atoms in total. The molecule has 33 heavy (non-hydrogen) atoms. The number of cyclic esters (lactones) is 1. The van der Waals surface area contributed by atoms with Gasteiger partial charge in [-0.3, -0.25) is 4.90 Å². The van der Waals surface area contributed by atoms with Gasteiger partial charge in [0.25, 0.3) is 0 Å². The number of halogens is 2. The quantitative estimate of drug-likeness (QED) is 0.559. The average Bonchev–Trinajstić information content (AvgIpc) is 3.22. The second-order valence-corrected chi connectivity index (χ2v) is 8.58. The van der Waals surface area contributed by atoms with Crippen molar-refractivity contribution in [3.05, 3.63) is 83.4 Å². The summed E-state index contributed by atoms with van der Waals surface area (Å²) in [6.07, 6.45) is 5.92. The first-order chi connectivity index (χ1) is 16.0. The number of amides is 1. The van der Waals surface area contributed by atoms with Gasteiger partial charge < -0.3 is 9.64 Å². The molecule has 0 radical (unpaired) electrons. The Balaban J connectivity index is 1.26. The van der Waals surface area contributed by atoms with E-state index in [1.54, 1.807) is 0 Å². The molecule has 2 aliphatic heterocycles. The molecule has 7 heteroatoms. The third-order valence-corrected chi connectivity index (χ3v) is 6.63. The minimum absolute atomic E-state index is 0.119. The molecule has 0 N–H and O–H groups in total. The van der Waals surface area contributed by atoms with E-state index in [-0.39, 0.29) is 6.61 Å². The lowest BCUT2D eigenvalue weighted by atomic mass is 9.74. The zero-order valence-electron chi connectivity index (χ0n) is 18.4. The lowest BCUT2D eigenvalue weighted by Gasteiger charge is -2.37. The largest absolute Gasteiger partial charge is 0.447 e. The summed E-state index contributed by atoms with van der Waals surface area (Å²) in [6, 6.07) is 15.8. The van der Waals surface area contributed by atoms with Crippen molar-refractivity contribution in [1.82, 2.24) is 9.80 Å². The summed E-state index contributed by atoms with van der Waals surface area (Å²) in [6.45, 7) is 3.07. The predicted octanol–water partition coefficient (Wildman–Crippen LogP) is 4.96. The molecular formula is C26H27F2N3O2. The molecule has 1 atom stereocenters. The highest BCUT2D eigenvalue weighted by Crippen LogP contribution is 2.35. The van der Waals surface area contributed by atoms with Crippen LogP contribution in [-0.2, 0) is 10.2 Å². The van der Waals surface area contributed by atoms with E-state index in [4.69, 9.17) is 4.74 Å². The first-order valence-corrected chi connectivity index (χ1v) is 11.2. The average molecular weight is 452 g/mol. The molecule has 1 amide bonds. The van der Waals surface area contributed by atoms with Crippen LogP contribution in [0.15, 0.2) is 60.7 Å². The maximum atomic E-state index is 13.6. The van der Waals surface area contributed by atoms with Gasteiger partial charge in [-0.2, -0.15) is 5.26 Å². The fourth-order valence-corrected chi connectivity index (χ4v) is 4.59. The number of likely N-dealkylation sites (tertiary alicyclic amines) is 1. The Kier molecular flexibility index (Phi) is 7.05. The summed E-state index contributed by atoms with van der Waals surface area (Å²) in [4.78, 5) is 16.0. The van der Waals surface area contributed by atoms with Crippen molar-refractivity contribution in [2.75, 3.05) is 32.8 Å². The summed E-state index contributed by atoms with van der Waals surface area (Å²) in [5, 5.41) is 9.82. The maximum absolute atomic E-state index is 13.6. The Morgan fingerprint density at radius 3 is 2.55 bits per heavy atom. The highest BCUT2D eigenvalue weighted by molar-refractivity contribution is 5.70. The van der Waals surface area contributed by atoms with Gasteiger partial charge >= 0.3 is 6.09 Å². The van der Waals surface area contributed by atoms with Crippen molar-refractivity contribution in [2.24, 2.45) is 0 Å². The molecule has 0 spiro atoms. The fraction of sp³-hybridized carbons (Fsp3) is 0.385. The van der Waals surface area contributed by atoms with Crippen LogP contribution in [0.1, 0.15) is 36.4 Å². The topological polar surface area (TPSA) is 56.6 Å². The van der Waals surface area contributed by atoms with Crippen LogP contribution in [0.25, 0.3) is 0 Å². The minimum Gasteiger partial charge on any atom is -0.447 e. The zero-order chi connectivity index (χ0) is 23.3. The minimum atomic E-state index is -0.934. The normalized spacial score (nSPS) is 20.7. The highest BCUT2D eigenvalue weighted by Gasteiger charge is 2.36. The van der Waals surface area contributed by atoms with Crippen molar-refractivity contribution in [1.29, 1.82) is 5.26 Å². The van der Waals surface area contributed by atoms with E-state index < -0.39 is 29.2 Å². The number of hydrogen-bond acceptors (Lipinski definition) is 4. The Bertz CT molecular complexity index is 1040. The second-order valence-electron chi connectivity index (χ2n) is 8.58. The molecule has 0 aromatic heterocycles. The SMILES string of the molecule is N#CC1(c2ccccc2)CCN(CC/C=C/CN2C(=O)OCC2c2ccc(F)c(F)c2)CC1. The standard InChI is InChI=1S/C26H27F2N3O2/c27-22-10-9-20(17-23(22)28)24-18-33-25(32)31(24)14-6-2-5-13-30-15-11-26(19-29,12-16-30)21-7-3-1-4-8-21/h1-4,6-10,17,24H,5,11-16,18H2/b6-2+. The first kappa shape index (κ1) is 22.9. The van der Waals surface area contributed by atoms with E-state index in [0.717, 1.165) is 56.6 Å². The molecule has 1 unspecified atom stereocenters. The van der Waals surface area contributed by atoms with Gasteiger partial charge in [0.15, 0.2) is 11.6 Å². The van der Waals surface area contributed by atoms with Crippen LogP contribution in [0.3, 0.4) is 0 Å². The van der Waals surface area contributed by atoms with Gasteiger partial charge in [0, 0.05) is 13.1 Å². The van der Waals surface area contributed by atoms with Crippen molar-refractivity contribution in [3.63, 3.8) is 0 Å². The smallest absolute Gasteiger partial charge is 0.410 e. The molecule has 2 aromatic carbocycles. The molecule has 2 aliphatic rings. The third-order valence-electron chi connectivity index (χ3n) is 6.63. The van der Waals surface area contributed by atoms with Crippen LogP contribution in [0.4, 0.5) is 13.6 Å². The van der Waals surface area contributed by atoms with Crippen LogP contribution in [0.2, 0.25) is 0 Å². The third kappa shape index (κ3) is 5.07.